The molecule has 0 N–H and O–H groups in total. The van der Waals surface area contributed by atoms with Crippen LogP contribution in [0.1, 0.15) is 13.8 Å². The summed E-state index contributed by atoms with van der Waals surface area (Å²) in [4.78, 5) is 0. The second kappa shape index (κ2) is 15.2. The topological polar surface area (TPSA) is 55.4 Å². The van der Waals surface area contributed by atoms with Gasteiger partial charge < -0.3 is 28.4 Å². The highest BCUT2D eigenvalue weighted by molar-refractivity contribution is 5.39. The summed E-state index contributed by atoms with van der Waals surface area (Å²) < 4.78 is 33.0. The van der Waals surface area contributed by atoms with E-state index in [0.717, 1.165) is 0 Å². The van der Waals surface area contributed by atoms with E-state index < -0.39 is 0 Å². The normalized spacial score (nSPS) is 18.4. The van der Waals surface area contributed by atoms with Crippen molar-refractivity contribution >= 4 is 0 Å². The predicted molar refractivity (Wildman–Crippen MR) is 92.1 cm³/mol. The molecule has 6 heteroatoms. The van der Waals surface area contributed by atoms with Gasteiger partial charge in [-0.15, -0.1) is 0 Å². The average Bonchev–Trinajstić information content (AvgIpc) is 2.63. The third kappa shape index (κ3) is 9.72. The molecule has 1 aromatic rings. The Hall–Kier alpha value is -1.34. The molecule has 0 radical (unpaired) electrons. The Kier molecular flexibility index (Phi) is 13.1. The smallest absolute Gasteiger partial charge is 0.161 e. The molecule has 0 saturated heterocycles. The molecule has 138 valence electrons. The first-order valence-electron chi connectivity index (χ1n) is 8.62. The van der Waals surface area contributed by atoms with Gasteiger partial charge in [0.25, 0.3) is 0 Å². The van der Waals surface area contributed by atoms with Gasteiger partial charge in [0.05, 0.1) is 52.9 Å². The average molecular weight is 342 g/mol. The van der Waals surface area contributed by atoms with Gasteiger partial charge in [-0.3, -0.25) is 0 Å². The molecule has 0 fully saturated rings. The number of hydrogen-bond donors (Lipinski definition) is 0. The highest BCUT2D eigenvalue weighted by Crippen LogP contribution is 2.26. The summed E-state index contributed by atoms with van der Waals surface area (Å²) in [7, 11) is 0. The van der Waals surface area contributed by atoms with Crippen molar-refractivity contribution < 1.29 is 28.4 Å². The summed E-state index contributed by atoms with van der Waals surface area (Å²) in [6, 6.07) is 7.59. The number of para-hydroxylation sites is 2. The van der Waals surface area contributed by atoms with Gasteiger partial charge in [-0.05, 0) is 12.1 Å². The molecular formula is C18H30O6. The van der Waals surface area contributed by atoms with E-state index in [1.807, 2.05) is 38.1 Å². The number of ether oxygens (including phenoxy) is 6. The summed E-state index contributed by atoms with van der Waals surface area (Å²) in [5, 5.41) is 0. The van der Waals surface area contributed by atoms with Crippen molar-refractivity contribution in [1.82, 2.24) is 0 Å². The van der Waals surface area contributed by atoms with Crippen LogP contribution in [0.15, 0.2) is 24.3 Å². The van der Waals surface area contributed by atoms with E-state index >= 15 is 0 Å². The van der Waals surface area contributed by atoms with Crippen LogP contribution in [0.4, 0.5) is 0 Å². The second-order valence-corrected chi connectivity index (χ2v) is 4.59. The Morgan fingerprint density at radius 1 is 0.500 bits per heavy atom. The van der Waals surface area contributed by atoms with Crippen LogP contribution in [-0.4, -0.2) is 66.1 Å². The van der Waals surface area contributed by atoms with Gasteiger partial charge in [0.2, 0.25) is 0 Å². The van der Waals surface area contributed by atoms with Crippen LogP contribution in [0.5, 0.6) is 11.5 Å². The highest BCUT2D eigenvalue weighted by atomic mass is 16.6. The molecule has 24 heavy (non-hydrogen) atoms. The van der Waals surface area contributed by atoms with E-state index in [2.05, 4.69) is 0 Å². The van der Waals surface area contributed by atoms with Crippen molar-refractivity contribution in [2.45, 2.75) is 13.8 Å². The van der Waals surface area contributed by atoms with Gasteiger partial charge in [0.1, 0.15) is 13.2 Å². The summed E-state index contributed by atoms with van der Waals surface area (Å²) in [6.07, 6.45) is 0. The highest BCUT2D eigenvalue weighted by Gasteiger charge is 2.04. The molecule has 1 heterocycles. The van der Waals surface area contributed by atoms with Crippen LogP contribution >= 0.6 is 0 Å². The molecule has 0 aliphatic carbocycles. The molecule has 0 bridgehead atoms. The van der Waals surface area contributed by atoms with Gasteiger partial charge in [0.15, 0.2) is 11.5 Å². The summed E-state index contributed by atoms with van der Waals surface area (Å²) in [5.41, 5.74) is 0. The Bertz CT molecular complexity index is 362. The summed E-state index contributed by atoms with van der Waals surface area (Å²) in [6.45, 7) is 9.30. The molecule has 0 aromatic heterocycles. The van der Waals surface area contributed by atoms with Crippen LogP contribution < -0.4 is 9.47 Å². The first kappa shape index (κ1) is 20.7. The fourth-order valence-corrected chi connectivity index (χ4v) is 1.87. The van der Waals surface area contributed by atoms with Crippen molar-refractivity contribution in [2.24, 2.45) is 0 Å². The summed E-state index contributed by atoms with van der Waals surface area (Å²) >= 11 is 0. The zero-order valence-electron chi connectivity index (χ0n) is 14.8. The number of rotatable bonds is 0. The molecule has 0 atom stereocenters. The first-order valence-corrected chi connectivity index (χ1v) is 8.62. The van der Waals surface area contributed by atoms with E-state index in [1.165, 1.54) is 0 Å². The maximum atomic E-state index is 5.68. The minimum Gasteiger partial charge on any atom is -0.487 e. The second-order valence-electron chi connectivity index (χ2n) is 4.59. The fraction of sp³-hybridized carbons (Fsp3) is 0.667. The summed E-state index contributed by atoms with van der Waals surface area (Å²) in [5.74, 6) is 1.43. The van der Waals surface area contributed by atoms with Crippen molar-refractivity contribution in [3.05, 3.63) is 24.3 Å². The van der Waals surface area contributed by atoms with Crippen LogP contribution in [-0.2, 0) is 18.9 Å². The van der Waals surface area contributed by atoms with Crippen LogP contribution in [0.3, 0.4) is 0 Å². The molecule has 0 saturated carbocycles. The van der Waals surface area contributed by atoms with E-state index in [4.69, 9.17) is 28.4 Å². The molecule has 1 aliphatic heterocycles. The van der Waals surface area contributed by atoms with E-state index in [-0.39, 0.29) is 0 Å². The number of hydrogen-bond acceptors (Lipinski definition) is 6. The predicted octanol–water partition coefficient (Wildman–Crippen LogP) is 2.55. The Morgan fingerprint density at radius 2 is 0.792 bits per heavy atom. The minimum atomic E-state index is 0.472. The van der Waals surface area contributed by atoms with E-state index in [0.29, 0.717) is 77.6 Å². The molecule has 0 unspecified atom stereocenters. The zero-order valence-corrected chi connectivity index (χ0v) is 14.8. The van der Waals surface area contributed by atoms with Gasteiger partial charge >= 0.3 is 0 Å². The lowest BCUT2D eigenvalue weighted by molar-refractivity contribution is -0.00841. The molecule has 0 spiro atoms. The van der Waals surface area contributed by atoms with Crippen LogP contribution in [0.2, 0.25) is 0 Å². The Balaban J connectivity index is 0.00000139. The van der Waals surface area contributed by atoms with Gasteiger partial charge in [0, 0.05) is 0 Å². The third-order valence-electron chi connectivity index (χ3n) is 2.94. The first-order chi connectivity index (χ1) is 12.0. The molecule has 2 rings (SSSR count). The minimum absolute atomic E-state index is 0.472. The molecule has 6 nitrogen and oxygen atoms in total. The maximum Gasteiger partial charge on any atom is 0.161 e. The van der Waals surface area contributed by atoms with Crippen molar-refractivity contribution in [3.63, 3.8) is 0 Å². The maximum absolute atomic E-state index is 5.68. The third-order valence-corrected chi connectivity index (χ3v) is 2.94. The van der Waals surface area contributed by atoms with Crippen molar-refractivity contribution in [3.8, 4) is 11.5 Å². The Labute approximate surface area is 144 Å². The molecule has 1 aromatic carbocycles. The molecule has 1 aliphatic rings. The SMILES string of the molecule is CC.c1ccc2c(c1)OCCOCCOCCOCCOCCO2. The van der Waals surface area contributed by atoms with Crippen LogP contribution in [0.25, 0.3) is 0 Å². The van der Waals surface area contributed by atoms with Gasteiger partial charge in [-0.1, -0.05) is 26.0 Å². The lowest BCUT2D eigenvalue weighted by Crippen LogP contribution is -2.15. The zero-order chi connectivity index (χ0) is 17.3. The number of fused-ring (bicyclic) bond motifs is 1. The monoisotopic (exact) mass is 342 g/mol. The van der Waals surface area contributed by atoms with Crippen molar-refractivity contribution in [1.29, 1.82) is 0 Å². The van der Waals surface area contributed by atoms with Crippen LogP contribution in [0, 0.1) is 0 Å². The van der Waals surface area contributed by atoms with Gasteiger partial charge in [-0.2, -0.15) is 0 Å². The van der Waals surface area contributed by atoms with Gasteiger partial charge in [-0.25, -0.2) is 0 Å². The standard InChI is InChI=1S/C16H24O6.C2H6/c1-2-4-16-15(3-1)21-13-11-19-9-7-17-5-6-18-8-10-20-12-14-22-16;1-2/h1-4H,5-14H2;1-2H3. The molecule has 0 amide bonds. The fourth-order valence-electron chi connectivity index (χ4n) is 1.87. The lowest BCUT2D eigenvalue weighted by atomic mass is 10.3. The largest absolute Gasteiger partial charge is 0.487 e. The lowest BCUT2D eigenvalue weighted by Gasteiger charge is -2.13. The van der Waals surface area contributed by atoms with E-state index in [1.54, 1.807) is 0 Å². The number of benzene rings is 1. The van der Waals surface area contributed by atoms with Crippen molar-refractivity contribution in [2.75, 3.05) is 66.1 Å². The Morgan fingerprint density at radius 3 is 1.12 bits per heavy atom. The van der Waals surface area contributed by atoms with E-state index in [9.17, 15) is 0 Å². The molecular weight excluding hydrogens is 312 g/mol. The quantitative estimate of drug-likeness (QED) is 0.722.